The highest BCUT2D eigenvalue weighted by Gasteiger charge is 2.02. The van der Waals surface area contributed by atoms with Crippen LogP contribution in [0.25, 0.3) is 0 Å². The van der Waals surface area contributed by atoms with Gasteiger partial charge in [0.15, 0.2) is 0 Å². The van der Waals surface area contributed by atoms with Gasteiger partial charge in [-0.1, -0.05) is 0 Å². The summed E-state index contributed by atoms with van der Waals surface area (Å²) in [5.41, 5.74) is 6.37. The first kappa shape index (κ1) is 14.5. The Labute approximate surface area is 126 Å². The molecule has 0 radical (unpaired) electrons. The van der Waals surface area contributed by atoms with E-state index in [-0.39, 0.29) is 0 Å². The van der Waals surface area contributed by atoms with Crippen LogP contribution in [0.2, 0.25) is 0 Å². The highest BCUT2D eigenvalue weighted by atomic mass is 79.9. The van der Waals surface area contributed by atoms with Gasteiger partial charge in [-0.25, -0.2) is 0 Å². The number of hydrogen-bond donors (Lipinski definition) is 1. The third-order valence-corrected chi connectivity index (χ3v) is 3.28. The fourth-order valence-corrected chi connectivity index (χ4v) is 1.97. The van der Waals surface area contributed by atoms with E-state index in [0.29, 0.717) is 24.7 Å². The summed E-state index contributed by atoms with van der Waals surface area (Å²) in [6.07, 6.45) is 0. The van der Waals surface area contributed by atoms with Crippen LogP contribution >= 0.6 is 15.9 Å². The topological polar surface area (TPSA) is 53.7 Å². The summed E-state index contributed by atoms with van der Waals surface area (Å²) in [7, 11) is 1.63. The van der Waals surface area contributed by atoms with Gasteiger partial charge in [0.25, 0.3) is 0 Å². The summed E-state index contributed by atoms with van der Waals surface area (Å²) < 4.78 is 17.1. The van der Waals surface area contributed by atoms with Gasteiger partial charge in [0.1, 0.15) is 30.5 Å². The molecule has 0 amide bonds. The normalized spacial score (nSPS) is 10.1. The monoisotopic (exact) mass is 337 g/mol. The number of nitrogens with two attached hydrogens (primary N) is 1. The second-order valence-electron chi connectivity index (χ2n) is 4.06. The van der Waals surface area contributed by atoms with Gasteiger partial charge in [-0.3, -0.25) is 0 Å². The molecule has 5 heteroatoms. The molecule has 2 aromatic carbocycles. The summed E-state index contributed by atoms with van der Waals surface area (Å²) in [6.45, 7) is 0.891. The number of methoxy groups -OCH3 is 1. The van der Waals surface area contributed by atoms with E-state index >= 15 is 0 Å². The van der Waals surface area contributed by atoms with Gasteiger partial charge in [-0.2, -0.15) is 0 Å². The molecule has 2 N–H and O–H groups in total. The van der Waals surface area contributed by atoms with Crippen LogP contribution in [0.15, 0.2) is 46.9 Å². The Morgan fingerprint density at radius 2 is 1.60 bits per heavy atom. The van der Waals surface area contributed by atoms with Crippen LogP contribution in [-0.2, 0) is 0 Å². The lowest BCUT2D eigenvalue weighted by Crippen LogP contribution is -2.09. The number of halogens is 1. The summed E-state index contributed by atoms with van der Waals surface area (Å²) in [5.74, 6) is 2.29. The van der Waals surface area contributed by atoms with Crippen molar-refractivity contribution in [2.75, 3.05) is 26.1 Å². The molecule has 0 fully saturated rings. The largest absolute Gasteiger partial charge is 0.497 e. The lowest BCUT2D eigenvalue weighted by molar-refractivity contribution is 0.216. The van der Waals surface area contributed by atoms with Crippen molar-refractivity contribution in [2.45, 2.75) is 0 Å². The van der Waals surface area contributed by atoms with Crippen molar-refractivity contribution in [1.29, 1.82) is 0 Å². The maximum atomic E-state index is 5.71. The predicted octanol–water partition coefficient (Wildman–Crippen LogP) is 3.50. The van der Waals surface area contributed by atoms with Gasteiger partial charge in [0, 0.05) is 11.8 Å². The van der Waals surface area contributed by atoms with Gasteiger partial charge in [-0.15, -0.1) is 0 Å². The number of benzene rings is 2. The van der Waals surface area contributed by atoms with Crippen LogP contribution in [0.5, 0.6) is 17.2 Å². The van der Waals surface area contributed by atoms with Gasteiger partial charge in [0.05, 0.1) is 11.6 Å². The molecular formula is C15H16BrNO3. The molecule has 0 aliphatic rings. The third kappa shape index (κ3) is 4.06. The second-order valence-corrected chi connectivity index (χ2v) is 4.92. The lowest BCUT2D eigenvalue weighted by Gasteiger charge is -2.10. The van der Waals surface area contributed by atoms with Gasteiger partial charge < -0.3 is 19.9 Å². The van der Waals surface area contributed by atoms with Crippen molar-refractivity contribution >= 4 is 21.6 Å². The molecule has 106 valence electrons. The molecule has 2 aromatic rings. The van der Waals surface area contributed by atoms with Crippen LogP contribution < -0.4 is 19.9 Å². The molecule has 0 unspecified atom stereocenters. The Morgan fingerprint density at radius 1 is 0.950 bits per heavy atom. The van der Waals surface area contributed by atoms with Crippen molar-refractivity contribution < 1.29 is 14.2 Å². The van der Waals surface area contributed by atoms with Crippen molar-refractivity contribution in [3.05, 3.63) is 46.9 Å². The zero-order valence-corrected chi connectivity index (χ0v) is 12.7. The van der Waals surface area contributed by atoms with E-state index in [1.165, 1.54) is 0 Å². The van der Waals surface area contributed by atoms with E-state index in [1.807, 2.05) is 36.4 Å². The van der Waals surface area contributed by atoms with Gasteiger partial charge in [0.2, 0.25) is 0 Å². The molecule has 0 bridgehead atoms. The first-order valence-electron chi connectivity index (χ1n) is 6.14. The van der Waals surface area contributed by atoms with E-state index < -0.39 is 0 Å². The quantitative estimate of drug-likeness (QED) is 0.647. The summed E-state index contributed by atoms with van der Waals surface area (Å²) in [4.78, 5) is 0. The number of rotatable bonds is 6. The van der Waals surface area contributed by atoms with Crippen molar-refractivity contribution in [1.82, 2.24) is 0 Å². The molecule has 0 spiro atoms. The van der Waals surface area contributed by atoms with Crippen LogP contribution in [0.4, 0.5) is 5.69 Å². The summed E-state index contributed by atoms with van der Waals surface area (Å²) >= 11 is 3.41. The first-order chi connectivity index (χ1) is 9.69. The SMILES string of the molecule is COc1ccc(OCCOc2cc(N)ccc2Br)cc1. The fraction of sp³-hybridized carbons (Fsp3) is 0.200. The Morgan fingerprint density at radius 3 is 2.30 bits per heavy atom. The minimum absolute atomic E-state index is 0.439. The molecular weight excluding hydrogens is 322 g/mol. The van der Waals surface area contributed by atoms with E-state index in [2.05, 4.69) is 15.9 Å². The number of ether oxygens (including phenoxy) is 3. The Balaban J connectivity index is 1.79. The van der Waals surface area contributed by atoms with Crippen LogP contribution in [0.1, 0.15) is 0 Å². The zero-order valence-electron chi connectivity index (χ0n) is 11.1. The minimum Gasteiger partial charge on any atom is -0.497 e. The average molecular weight is 338 g/mol. The molecule has 0 atom stereocenters. The van der Waals surface area contributed by atoms with Gasteiger partial charge in [-0.05, 0) is 52.3 Å². The van der Waals surface area contributed by atoms with E-state index in [1.54, 1.807) is 13.2 Å². The van der Waals surface area contributed by atoms with Crippen molar-refractivity contribution in [3.8, 4) is 17.2 Å². The number of anilines is 1. The summed E-state index contributed by atoms with van der Waals surface area (Å²) in [6, 6.07) is 12.9. The Kier molecular flexibility index (Phi) is 5.12. The Bertz CT molecular complexity index is 558. The lowest BCUT2D eigenvalue weighted by atomic mass is 10.3. The van der Waals surface area contributed by atoms with E-state index in [4.69, 9.17) is 19.9 Å². The molecule has 0 saturated heterocycles. The first-order valence-corrected chi connectivity index (χ1v) is 6.93. The standard InChI is InChI=1S/C15H16BrNO3/c1-18-12-3-5-13(6-4-12)19-8-9-20-15-10-11(17)2-7-14(15)16/h2-7,10H,8-9,17H2,1H3. The highest BCUT2D eigenvalue weighted by Crippen LogP contribution is 2.27. The smallest absolute Gasteiger partial charge is 0.135 e. The minimum atomic E-state index is 0.439. The second kappa shape index (κ2) is 7.05. The van der Waals surface area contributed by atoms with Crippen LogP contribution in [0.3, 0.4) is 0 Å². The fourth-order valence-electron chi connectivity index (χ4n) is 1.61. The van der Waals surface area contributed by atoms with Crippen molar-refractivity contribution in [2.24, 2.45) is 0 Å². The highest BCUT2D eigenvalue weighted by molar-refractivity contribution is 9.10. The number of hydrogen-bond acceptors (Lipinski definition) is 4. The summed E-state index contributed by atoms with van der Waals surface area (Å²) in [5, 5.41) is 0. The maximum Gasteiger partial charge on any atom is 0.135 e. The molecule has 0 heterocycles. The number of nitrogen functional groups attached to an aromatic ring is 1. The van der Waals surface area contributed by atoms with Crippen molar-refractivity contribution in [3.63, 3.8) is 0 Å². The maximum absolute atomic E-state index is 5.71. The predicted molar refractivity (Wildman–Crippen MR) is 82.5 cm³/mol. The third-order valence-electron chi connectivity index (χ3n) is 2.62. The molecule has 0 saturated carbocycles. The average Bonchev–Trinajstić information content (AvgIpc) is 2.47. The molecule has 0 aliphatic heterocycles. The molecule has 4 nitrogen and oxygen atoms in total. The molecule has 2 rings (SSSR count). The zero-order chi connectivity index (χ0) is 14.4. The van der Waals surface area contributed by atoms with E-state index in [9.17, 15) is 0 Å². The van der Waals surface area contributed by atoms with E-state index in [0.717, 1.165) is 16.0 Å². The van der Waals surface area contributed by atoms with Crippen LogP contribution in [-0.4, -0.2) is 20.3 Å². The van der Waals surface area contributed by atoms with Crippen LogP contribution in [0, 0.1) is 0 Å². The molecule has 0 aromatic heterocycles. The molecule has 20 heavy (non-hydrogen) atoms. The Hall–Kier alpha value is -1.88. The molecule has 0 aliphatic carbocycles. The van der Waals surface area contributed by atoms with Gasteiger partial charge >= 0.3 is 0 Å².